The van der Waals surface area contributed by atoms with Crippen LogP contribution in [0, 0.1) is 0 Å². The van der Waals surface area contributed by atoms with Gasteiger partial charge < -0.3 is 21.4 Å². The van der Waals surface area contributed by atoms with Crippen molar-refractivity contribution in [1.82, 2.24) is 4.98 Å². The Morgan fingerprint density at radius 1 is 1.38 bits per heavy atom. The van der Waals surface area contributed by atoms with Crippen LogP contribution in [0.25, 0.3) is 10.9 Å². The highest BCUT2D eigenvalue weighted by atomic mass is 16.1. The zero-order valence-electron chi connectivity index (χ0n) is 9.24. The van der Waals surface area contributed by atoms with E-state index in [1.165, 1.54) is 0 Å². The van der Waals surface area contributed by atoms with Crippen molar-refractivity contribution in [1.29, 1.82) is 0 Å². The topological polar surface area (TPSA) is 88.1 Å². The van der Waals surface area contributed by atoms with Crippen LogP contribution < -0.4 is 16.4 Å². The van der Waals surface area contributed by atoms with Gasteiger partial charge in [0.2, 0.25) is 0 Å². The fraction of sp³-hybridized carbons (Fsp3) is 0.182. The first kappa shape index (κ1) is 10.4. The number of hydrogen-bond acceptors (Lipinski definition) is 3. The number of primary amides is 1. The molecule has 1 aromatic carbocycles. The molecule has 0 unspecified atom stereocenters. The molecule has 0 bridgehead atoms. The maximum Gasteiger partial charge on any atom is 0.253 e. The van der Waals surface area contributed by atoms with Gasteiger partial charge in [0.25, 0.3) is 5.91 Å². The molecule has 0 spiro atoms. The number of benzene rings is 1. The van der Waals surface area contributed by atoms with Crippen LogP contribution in [0.1, 0.15) is 10.4 Å². The smallest absolute Gasteiger partial charge is 0.253 e. The van der Waals surface area contributed by atoms with Gasteiger partial charge in [-0.15, -0.1) is 0 Å². The summed E-state index contributed by atoms with van der Waals surface area (Å²) >= 11 is 0. The normalized spacial score (nSPS) is 10.6. The first-order valence-electron chi connectivity index (χ1n) is 4.89. The van der Waals surface area contributed by atoms with Crippen molar-refractivity contribution in [2.24, 2.45) is 5.73 Å². The monoisotopic (exact) mass is 218 g/mol. The van der Waals surface area contributed by atoms with E-state index in [1.807, 2.05) is 37.2 Å². The first-order chi connectivity index (χ1) is 7.50. The van der Waals surface area contributed by atoms with Crippen LogP contribution in [0.5, 0.6) is 0 Å². The maximum atomic E-state index is 11.2. The summed E-state index contributed by atoms with van der Waals surface area (Å²) in [4.78, 5) is 16.2. The molecule has 0 radical (unpaired) electrons. The minimum absolute atomic E-state index is 0.318. The van der Waals surface area contributed by atoms with E-state index in [9.17, 15) is 4.79 Å². The van der Waals surface area contributed by atoms with Gasteiger partial charge >= 0.3 is 0 Å². The van der Waals surface area contributed by atoms with Gasteiger partial charge in [0, 0.05) is 30.7 Å². The number of nitrogen functional groups attached to an aromatic ring is 1. The highest BCUT2D eigenvalue weighted by molar-refractivity contribution is 6.11. The third-order valence-electron chi connectivity index (χ3n) is 2.57. The number of H-pyrrole nitrogens is 1. The Morgan fingerprint density at radius 2 is 2.06 bits per heavy atom. The lowest BCUT2D eigenvalue weighted by Gasteiger charge is -2.11. The highest BCUT2D eigenvalue weighted by Gasteiger charge is 2.14. The van der Waals surface area contributed by atoms with Crippen LogP contribution in [0.4, 0.5) is 11.5 Å². The minimum Gasteiger partial charge on any atom is -0.385 e. The summed E-state index contributed by atoms with van der Waals surface area (Å²) in [6, 6.07) is 5.69. The van der Waals surface area contributed by atoms with Crippen molar-refractivity contribution in [2.45, 2.75) is 0 Å². The van der Waals surface area contributed by atoms with Crippen LogP contribution >= 0.6 is 0 Å². The van der Waals surface area contributed by atoms with E-state index in [-0.39, 0.29) is 0 Å². The molecule has 0 atom stereocenters. The van der Waals surface area contributed by atoms with Gasteiger partial charge in [0.15, 0.2) is 0 Å². The van der Waals surface area contributed by atoms with Crippen LogP contribution in [-0.2, 0) is 0 Å². The van der Waals surface area contributed by atoms with Gasteiger partial charge in [-0.3, -0.25) is 4.79 Å². The largest absolute Gasteiger partial charge is 0.385 e. The van der Waals surface area contributed by atoms with Gasteiger partial charge in [-0.2, -0.15) is 0 Å². The summed E-state index contributed by atoms with van der Waals surface area (Å²) in [6.07, 6.45) is 0. The van der Waals surface area contributed by atoms with Crippen molar-refractivity contribution in [3.05, 3.63) is 23.8 Å². The van der Waals surface area contributed by atoms with Gasteiger partial charge in [-0.1, -0.05) is 0 Å². The average Bonchev–Trinajstić information content (AvgIpc) is 2.51. The molecule has 1 aromatic heterocycles. The van der Waals surface area contributed by atoms with Crippen LogP contribution in [0.15, 0.2) is 18.2 Å². The molecule has 5 N–H and O–H groups in total. The number of aromatic nitrogens is 1. The summed E-state index contributed by atoms with van der Waals surface area (Å²) in [5.74, 6) is -0.195. The Morgan fingerprint density at radius 3 is 2.62 bits per heavy atom. The summed E-state index contributed by atoms with van der Waals surface area (Å²) in [5.41, 5.74) is 13.2. The molecule has 5 nitrogen and oxygen atoms in total. The summed E-state index contributed by atoms with van der Waals surface area (Å²) < 4.78 is 0. The highest BCUT2D eigenvalue weighted by Crippen LogP contribution is 2.27. The zero-order chi connectivity index (χ0) is 11.9. The van der Waals surface area contributed by atoms with Crippen molar-refractivity contribution in [3.8, 4) is 0 Å². The van der Waals surface area contributed by atoms with Crippen molar-refractivity contribution >= 4 is 28.3 Å². The molecule has 0 aliphatic heterocycles. The van der Waals surface area contributed by atoms with E-state index < -0.39 is 5.91 Å². The van der Waals surface area contributed by atoms with Crippen LogP contribution in [0.3, 0.4) is 0 Å². The number of aromatic amines is 1. The van der Waals surface area contributed by atoms with E-state index in [0.717, 1.165) is 16.6 Å². The second kappa shape index (κ2) is 3.44. The summed E-state index contributed by atoms with van der Waals surface area (Å²) in [7, 11) is 3.89. The summed E-state index contributed by atoms with van der Waals surface area (Å²) in [6.45, 7) is 0. The van der Waals surface area contributed by atoms with E-state index in [0.29, 0.717) is 11.4 Å². The van der Waals surface area contributed by atoms with Gasteiger partial charge in [0.05, 0.1) is 5.56 Å². The number of carbonyl (C=O) groups is 1. The fourth-order valence-electron chi connectivity index (χ4n) is 1.75. The van der Waals surface area contributed by atoms with Crippen molar-refractivity contribution in [2.75, 3.05) is 24.7 Å². The number of nitrogens with two attached hydrogens (primary N) is 2. The first-order valence-corrected chi connectivity index (χ1v) is 4.89. The molecule has 0 fully saturated rings. The molecule has 1 heterocycles. The van der Waals surface area contributed by atoms with E-state index in [4.69, 9.17) is 11.5 Å². The molecule has 5 heteroatoms. The Kier molecular flexibility index (Phi) is 2.23. The Balaban J connectivity index is 2.70. The molecule has 0 aliphatic rings. The molecule has 84 valence electrons. The predicted octanol–water partition coefficient (Wildman–Crippen LogP) is 0.915. The SMILES string of the molecule is CN(C)c1ccc2c(C(N)=O)c(N)[nH]c2c1. The maximum absolute atomic E-state index is 11.2. The predicted molar refractivity (Wildman–Crippen MR) is 65.6 cm³/mol. The van der Waals surface area contributed by atoms with Crippen molar-refractivity contribution < 1.29 is 4.79 Å². The number of amides is 1. The summed E-state index contributed by atoms with van der Waals surface area (Å²) in [5, 5.41) is 0.760. The molecule has 0 aliphatic carbocycles. The Bertz CT molecular complexity index is 556. The lowest BCUT2D eigenvalue weighted by molar-refractivity contribution is 0.100. The number of hydrogen-bond donors (Lipinski definition) is 3. The van der Waals surface area contributed by atoms with Crippen molar-refractivity contribution in [3.63, 3.8) is 0 Å². The zero-order valence-corrected chi connectivity index (χ0v) is 9.24. The van der Waals surface area contributed by atoms with Crippen LogP contribution in [0.2, 0.25) is 0 Å². The molecule has 0 saturated carbocycles. The third-order valence-corrected chi connectivity index (χ3v) is 2.57. The van der Waals surface area contributed by atoms with E-state index >= 15 is 0 Å². The molecule has 2 rings (SSSR count). The van der Waals surface area contributed by atoms with Crippen LogP contribution in [-0.4, -0.2) is 25.0 Å². The number of carbonyl (C=O) groups excluding carboxylic acids is 1. The lowest BCUT2D eigenvalue weighted by Crippen LogP contribution is -2.12. The molecular weight excluding hydrogens is 204 g/mol. The minimum atomic E-state index is -0.513. The molecule has 2 aromatic rings. The molecule has 16 heavy (non-hydrogen) atoms. The second-order valence-corrected chi connectivity index (χ2v) is 3.90. The number of nitrogens with one attached hydrogen (secondary N) is 1. The number of anilines is 2. The number of rotatable bonds is 2. The molecular formula is C11H14N4O. The van der Waals surface area contributed by atoms with E-state index in [1.54, 1.807) is 0 Å². The van der Waals surface area contributed by atoms with E-state index in [2.05, 4.69) is 4.98 Å². The van der Waals surface area contributed by atoms with Gasteiger partial charge in [0.1, 0.15) is 5.82 Å². The quantitative estimate of drug-likeness (QED) is 0.700. The average molecular weight is 218 g/mol. The number of nitrogens with zero attached hydrogens (tertiary/aromatic N) is 1. The fourth-order valence-corrected chi connectivity index (χ4v) is 1.75. The molecule has 0 saturated heterocycles. The standard InChI is InChI=1S/C11H14N4O/c1-15(2)6-3-4-7-8(5-6)14-10(12)9(7)11(13)16/h3-5,14H,12H2,1-2H3,(H2,13,16). The Hall–Kier alpha value is -2.17. The van der Waals surface area contributed by atoms with Gasteiger partial charge in [-0.05, 0) is 18.2 Å². The number of fused-ring (bicyclic) bond motifs is 1. The lowest BCUT2D eigenvalue weighted by atomic mass is 10.1. The second-order valence-electron chi connectivity index (χ2n) is 3.90. The Labute approximate surface area is 93.0 Å². The van der Waals surface area contributed by atoms with Gasteiger partial charge in [-0.25, -0.2) is 0 Å². The molecule has 1 amide bonds. The third kappa shape index (κ3) is 1.46.